The van der Waals surface area contributed by atoms with Crippen LogP contribution >= 0.6 is 0 Å². The van der Waals surface area contributed by atoms with Gasteiger partial charge in [-0.2, -0.15) is 0 Å². The Hall–Kier alpha value is -0.120. The van der Waals surface area contributed by atoms with E-state index in [2.05, 4.69) is 0 Å². The molecule has 0 aromatic rings. The molecule has 0 amide bonds. The Kier molecular flexibility index (Phi) is 5.32. The largest absolute Gasteiger partial charge is 0.379 e. The summed E-state index contributed by atoms with van der Waals surface area (Å²) in [7, 11) is 0. The molecule has 1 heterocycles. The summed E-state index contributed by atoms with van der Waals surface area (Å²) in [5.74, 6) is 0. The molecule has 1 fully saturated rings. The van der Waals surface area contributed by atoms with Crippen LogP contribution < -0.4 is 5.73 Å². The lowest BCUT2D eigenvalue weighted by atomic mass is 10.2. The summed E-state index contributed by atoms with van der Waals surface area (Å²) in [6, 6.07) is 0. The summed E-state index contributed by atoms with van der Waals surface area (Å²) >= 11 is 0. The van der Waals surface area contributed by atoms with Gasteiger partial charge in [-0.1, -0.05) is 12.8 Å². The summed E-state index contributed by atoms with van der Waals surface area (Å²) in [5, 5.41) is 0. The Morgan fingerprint density at radius 2 is 2.00 bits per heavy atom. The molecule has 0 aromatic carbocycles. The molecule has 0 spiro atoms. The van der Waals surface area contributed by atoms with Crippen LogP contribution in [0, 0.1) is 0 Å². The molecule has 12 heavy (non-hydrogen) atoms. The molecule has 1 saturated heterocycles. The van der Waals surface area contributed by atoms with Crippen molar-refractivity contribution in [1.29, 1.82) is 0 Å². The van der Waals surface area contributed by atoms with Gasteiger partial charge >= 0.3 is 0 Å². The second-order valence-corrected chi connectivity index (χ2v) is 3.23. The van der Waals surface area contributed by atoms with Crippen molar-refractivity contribution in [3.8, 4) is 0 Å². The third kappa shape index (κ3) is 5.52. The van der Waals surface area contributed by atoms with Crippen LogP contribution in [0.25, 0.3) is 0 Å². The van der Waals surface area contributed by atoms with Crippen LogP contribution in [-0.4, -0.2) is 32.5 Å². The molecule has 2 N–H and O–H groups in total. The highest BCUT2D eigenvalue weighted by Gasteiger charge is 2.21. The minimum absolute atomic E-state index is 0.411. The number of hydrogen-bond acceptors (Lipinski definition) is 3. The van der Waals surface area contributed by atoms with Gasteiger partial charge in [-0.3, -0.25) is 0 Å². The van der Waals surface area contributed by atoms with E-state index < -0.39 is 0 Å². The van der Waals surface area contributed by atoms with Crippen molar-refractivity contribution in [2.75, 3.05) is 26.4 Å². The zero-order chi connectivity index (χ0) is 8.65. The third-order valence-electron chi connectivity index (χ3n) is 1.95. The molecule has 1 rings (SSSR count). The molecule has 1 aliphatic rings. The highest BCUT2D eigenvalue weighted by molar-refractivity contribution is 4.66. The molecule has 3 heteroatoms. The lowest BCUT2D eigenvalue weighted by Crippen LogP contribution is -2.03. The first-order valence-corrected chi connectivity index (χ1v) is 4.83. The van der Waals surface area contributed by atoms with Crippen molar-refractivity contribution in [3.63, 3.8) is 0 Å². The van der Waals surface area contributed by atoms with Gasteiger partial charge in [0.15, 0.2) is 0 Å². The Bertz CT molecular complexity index is 105. The minimum atomic E-state index is 0.411. The maximum absolute atomic E-state index is 5.38. The first kappa shape index (κ1) is 9.96. The second-order valence-electron chi connectivity index (χ2n) is 3.23. The molecule has 0 saturated carbocycles. The summed E-state index contributed by atoms with van der Waals surface area (Å²) in [4.78, 5) is 0. The fraction of sp³-hybridized carbons (Fsp3) is 1.00. The molecule has 1 atom stereocenters. The van der Waals surface area contributed by atoms with Gasteiger partial charge in [0.05, 0.1) is 13.2 Å². The molecule has 1 unspecified atom stereocenters. The van der Waals surface area contributed by atoms with Crippen LogP contribution in [0.15, 0.2) is 0 Å². The summed E-state index contributed by atoms with van der Waals surface area (Å²) in [6.45, 7) is 3.38. The molecule has 1 aliphatic heterocycles. The maximum atomic E-state index is 5.38. The predicted octanol–water partition coefficient (Wildman–Crippen LogP) is 0.921. The summed E-state index contributed by atoms with van der Waals surface area (Å²) in [5.41, 5.74) is 5.37. The van der Waals surface area contributed by atoms with Gasteiger partial charge in [0.25, 0.3) is 0 Å². The zero-order valence-electron chi connectivity index (χ0n) is 7.63. The number of nitrogens with two attached hydrogens (primary N) is 1. The van der Waals surface area contributed by atoms with Gasteiger partial charge in [0.2, 0.25) is 0 Å². The van der Waals surface area contributed by atoms with Crippen LogP contribution in [0.5, 0.6) is 0 Å². The molecule has 0 aliphatic carbocycles. The topological polar surface area (TPSA) is 47.8 Å². The monoisotopic (exact) mass is 173 g/mol. The van der Waals surface area contributed by atoms with Gasteiger partial charge in [-0.05, 0) is 19.4 Å². The lowest BCUT2D eigenvalue weighted by Gasteiger charge is -2.01. The number of unbranched alkanes of at least 4 members (excludes halogenated alkanes) is 3. The molecule has 3 nitrogen and oxygen atoms in total. The third-order valence-corrected chi connectivity index (χ3v) is 1.95. The zero-order valence-corrected chi connectivity index (χ0v) is 7.63. The van der Waals surface area contributed by atoms with Crippen molar-refractivity contribution >= 4 is 0 Å². The standard InChI is InChI=1S/C9H19NO2/c10-5-3-1-2-4-6-11-7-9-8-12-9/h9H,1-8,10H2. The van der Waals surface area contributed by atoms with Crippen LogP contribution in [0.1, 0.15) is 25.7 Å². The fourth-order valence-electron chi connectivity index (χ4n) is 1.08. The Morgan fingerprint density at radius 1 is 1.25 bits per heavy atom. The second kappa shape index (κ2) is 6.40. The van der Waals surface area contributed by atoms with Crippen molar-refractivity contribution < 1.29 is 9.47 Å². The van der Waals surface area contributed by atoms with E-state index in [1.165, 1.54) is 12.8 Å². The van der Waals surface area contributed by atoms with Gasteiger partial charge in [0, 0.05) is 6.61 Å². The highest BCUT2D eigenvalue weighted by atomic mass is 16.6. The fourth-order valence-corrected chi connectivity index (χ4v) is 1.08. The number of rotatable bonds is 8. The van der Waals surface area contributed by atoms with Crippen molar-refractivity contribution in [1.82, 2.24) is 0 Å². The Morgan fingerprint density at radius 3 is 2.67 bits per heavy atom. The van der Waals surface area contributed by atoms with Crippen molar-refractivity contribution in [2.24, 2.45) is 5.73 Å². The van der Waals surface area contributed by atoms with E-state index in [-0.39, 0.29) is 0 Å². The van der Waals surface area contributed by atoms with Gasteiger partial charge in [0.1, 0.15) is 6.10 Å². The predicted molar refractivity (Wildman–Crippen MR) is 48.1 cm³/mol. The molecule has 0 bridgehead atoms. The van der Waals surface area contributed by atoms with E-state index in [0.717, 1.165) is 39.2 Å². The molecular weight excluding hydrogens is 154 g/mol. The molecule has 0 aromatic heterocycles. The van der Waals surface area contributed by atoms with Gasteiger partial charge < -0.3 is 15.2 Å². The van der Waals surface area contributed by atoms with E-state index in [9.17, 15) is 0 Å². The van der Waals surface area contributed by atoms with Crippen LogP contribution in [-0.2, 0) is 9.47 Å². The van der Waals surface area contributed by atoms with Gasteiger partial charge in [-0.25, -0.2) is 0 Å². The number of hydrogen-bond donors (Lipinski definition) is 1. The Labute approximate surface area is 74.2 Å². The first-order chi connectivity index (χ1) is 5.93. The average molecular weight is 173 g/mol. The van der Waals surface area contributed by atoms with E-state index in [1.54, 1.807) is 0 Å². The SMILES string of the molecule is NCCCCCCOCC1CO1. The van der Waals surface area contributed by atoms with E-state index in [4.69, 9.17) is 15.2 Å². The summed E-state index contributed by atoms with van der Waals surface area (Å²) in [6.07, 6.45) is 5.19. The Balaban J connectivity index is 1.65. The van der Waals surface area contributed by atoms with E-state index in [0.29, 0.717) is 6.10 Å². The van der Waals surface area contributed by atoms with Crippen molar-refractivity contribution in [3.05, 3.63) is 0 Å². The van der Waals surface area contributed by atoms with Gasteiger partial charge in [-0.15, -0.1) is 0 Å². The lowest BCUT2D eigenvalue weighted by molar-refractivity contribution is 0.113. The average Bonchev–Trinajstić information content (AvgIpc) is 2.87. The molecular formula is C9H19NO2. The first-order valence-electron chi connectivity index (χ1n) is 4.83. The van der Waals surface area contributed by atoms with Crippen molar-refractivity contribution in [2.45, 2.75) is 31.8 Å². The normalized spacial score (nSPS) is 21.2. The number of ether oxygens (including phenoxy) is 2. The van der Waals surface area contributed by atoms with Crippen LogP contribution in [0.3, 0.4) is 0 Å². The van der Waals surface area contributed by atoms with E-state index >= 15 is 0 Å². The molecule has 72 valence electrons. The maximum Gasteiger partial charge on any atom is 0.104 e. The quantitative estimate of drug-likeness (QED) is 0.438. The molecule has 0 radical (unpaired) electrons. The summed E-state index contributed by atoms with van der Waals surface area (Å²) < 4.78 is 10.4. The minimum Gasteiger partial charge on any atom is -0.379 e. The van der Waals surface area contributed by atoms with Crippen LogP contribution in [0.4, 0.5) is 0 Å². The van der Waals surface area contributed by atoms with Crippen LogP contribution in [0.2, 0.25) is 0 Å². The highest BCUT2D eigenvalue weighted by Crippen LogP contribution is 2.08. The number of epoxide rings is 1. The van der Waals surface area contributed by atoms with E-state index in [1.807, 2.05) is 0 Å². The smallest absolute Gasteiger partial charge is 0.104 e.